The summed E-state index contributed by atoms with van der Waals surface area (Å²) in [7, 11) is 0. The molecule has 0 aromatic heterocycles. The minimum Gasteiger partial charge on any atom is -0.478 e. The highest BCUT2D eigenvalue weighted by atomic mass is 16.5. The standard InChI is InChI=1S/C9H16N2O.C3H8/c1-3-8(6-10)9-11-7(2)4-5-12-9;1-3-2/h6-7H,3-5,10H2,1-2H3;3H2,1-2H3/b8-6-;. The number of nitrogens with zero attached hydrogens (tertiary/aromatic N) is 1. The molecule has 0 radical (unpaired) electrons. The molecule has 0 amide bonds. The summed E-state index contributed by atoms with van der Waals surface area (Å²) in [4.78, 5) is 4.37. The van der Waals surface area contributed by atoms with E-state index in [1.54, 1.807) is 6.20 Å². The molecule has 0 saturated carbocycles. The van der Waals surface area contributed by atoms with Crippen molar-refractivity contribution in [3.05, 3.63) is 11.8 Å². The van der Waals surface area contributed by atoms with Crippen LogP contribution in [0.3, 0.4) is 0 Å². The van der Waals surface area contributed by atoms with Gasteiger partial charge in [-0.15, -0.1) is 0 Å². The van der Waals surface area contributed by atoms with Crippen LogP contribution >= 0.6 is 0 Å². The molecule has 3 heteroatoms. The molecule has 0 bridgehead atoms. The lowest BCUT2D eigenvalue weighted by molar-refractivity contribution is 0.264. The smallest absolute Gasteiger partial charge is 0.213 e. The van der Waals surface area contributed by atoms with Crippen molar-refractivity contribution in [3.8, 4) is 0 Å². The minimum absolute atomic E-state index is 0.371. The van der Waals surface area contributed by atoms with Gasteiger partial charge >= 0.3 is 0 Å². The molecule has 1 unspecified atom stereocenters. The van der Waals surface area contributed by atoms with E-state index in [1.807, 2.05) is 6.92 Å². The Morgan fingerprint density at radius 3 is 2.53 bits per heavy atom. The van der Waals surface area contributed by atoms with E-state index in [1.165, 1.54) is 6.42 Å². The molecule has 0 fully saturated rings. The number of aliphatic imine (C=N–C) groups is 1. The van der Waals surface area contributed by atoms with Gasteiger partial charge in [0.1, 0.15) is 0 Å². The maximum absolute atomic E-state index is 5.44. The van der Waals surface area contributed by atoms with Crippen LogP contribution in [-0.2, 0) is 4.74 Å². The van der Waals surface area contributed by atoms with Crippen LogP contribution in [0, 0.1) is 0 Å². The Morgan fingerprint density at radius 2 is 2.13 bits per heavy atom. The Balaban J connectivity index is 0.000000583. The average molecular weight is 212 g/mol. The molecule has 0 aromatic rings. The van der Waals surface area contributed by atoms with E-state index in [4.69, 9.17) is 10.5 Å². The van der Waals surface area contributed by atoms with Crippen LogP contribution in [0.25, 0.3) is 0 Å². The van der Waals surface area contributed by atoms with Crippen molar-refractivity contribution in [2.75, 3.05) is 6.61 Å². The summed E-state index contributed by atoms with van der Waals surface area (Å²) in [6.45, 7) is 9.15. The highest BCUT2D eigenvalue weighted by Crippen LogP contribution is 2.12. The Kier molecular flexibility index (Phi) is 7.78. The number of rotatable bonds is 2. The lowest BCUT2D eigenvalue weighted by Gasteiger charge is -2.19. The molecular weight excluding hydrogens is 188 g/mol. The van der Waals surface area contributed by atoms with Crippen molar-refractivity contribution < 1.29 is 4.74 Å². The molecule has 0 spiro atoms. The summed E-state index contributed by atoms with van der Waals surface area (Å²) in [6.07, 6.45) is 4.71. The third-order valence-corrected chi connectivity index (χ3v) is 1.97. The van der Waals surface area contributed by atoms with Crippen molar-refractivity contribution in [1.29, 1.82) is 0 Å². The van der Waals surface area contributed by atoms with E-state index in [2.05, 4.69) is 25.8 Å². The van der Waals surface area contributed by atoms with E-state index in [0.717, 1.165) is 30.9 Å². The van der Waals surface area contributed by atoms with Crippen LogP contribution in [0.5, 0.6) is 0 Å². The normalized spacial score (nSPS) is 20.9. The van der Waals surface area contributed by atoms with Crippen LogP contribution in [0.15, 0.2) is 16.8 Å². The first-order valence-corrected chi connectivity index (χ1v) is 5.81. The van der Waals surface area contributed by atoms with E-state index in [0.29, 0.717) is 6.04 Å². The zero-order valence-corrected chi connectivity index (χ0v) is 10.4. The summed E-state index contributed by atoms with van der Waals surface area (Å²) in [5.74, 6) is 0.735. The molecule has 1 rings (SSSR count). The zero-order valence-electron chi connectivity index (χ0n) is 10.4. The third-order valence-electron chi connectivity index (χ3n) is 1.97. The largest absolute Gasteiger partial charge is 0.478 e. The number of nitrogens with two attached hydrogens (primary N) is 1. The predicted molar refractivity (Wildman–Crippen MR) is 66.0 cm³/mol. The predicted octanol–water partition coefficient (Wildman–Crippen LogP) is 2.86. The fourth-order valence-electron chi connectivity index (χ4n) is 1.14. The Bertz CT molecular complexity index is 222. The fraction of sp³-hybridized carbons (Fsp3) is 0.750. The molecule has 0 aromatic carbocycles. The summed E-state index contributed by atoms with van der Waals surface area (Å²) in [6, 6.07) is 0.371. The van der Waals surface area contributed by atoms with Crippen molar-refractivity contribution in [2.24, 2.45) is 10.7 Å². The summed E-state index contributed by atoms with van der Waals surface area (Å²) >= 11 is 0. The Labute approximate surface area is 93.4 Å². The topological polar surface area (TPSA) is 47.6 Å². The van der Waals surface area contributed by atoms with Crippen LogP contribution in [0.2, 0.25) is 0 Å². The van der Waals surface area contributed by atoms with Gasteiger partial charge in [0.15, 0.2) is 0 Å². The van der Waals surface area contributed by atoms with Gasteiger partial charge in [0.2, 0.25) is 5.90 Å². The molecule has 1 aliphatic rings. The molecule has 1 aliphatic heterocycles. The fourth-order valence-corrected chi connectivity index (χ4v) is 1.14. The Morgan fingerprint density at radius 1 is 1.53 bits per heavy atom. The molecular formula is C12H24N2O. The number of ether oxygens (including phenoxy) is 1. The highest BCUT2D eigenvalue weighted by Gasteiger charge is 2.14. The molecule has 0 saturated heterocycles. The van der Waals surface area contributed by atoms with E-state index in [9.17, 15) is 0 Å². The van der Waals surface area contributed by atoms with Gasteiger partial charge in [0.25, 0.3) is 0 Å². The lowest BCUT2D eigenvalue weighted by Crippen LogP contribution is -2.21. The molecule has 3 nitrogen and oxygen atoms in total. The van der Waals surface area contributed by atoms with E-state index in [-0.39, 0.29) is 0 Å². The molecule has 2 N–H and O–H groups in total. The van der Waals surface area contributed by atoms with Gasteiger partial charge in [-0.05, 0) is 13.3 Å². The van der Waals surface area contributed by atoms with Crippen molar-refractivity contribution in [1.82, 2.24) is 0 Å². The van der Waals surface area contributed by atoms with Gasteiger partial charge in [-0.25, -0.2) is 4.99 Å². The molecule has 0 aliphatic carbocycles. The van der Waals surface area contributed by atoms with Crippen molar-refractivity contribution in [2.45, 2.75) is 53.0 Å². The summed E-state index contributed by atoms with van der Waals surface area (Å²) in [5, 5.41) is 0. The van der Waals surface area contributed by atoms with Gasteiger partial charge in [-0.3, -0.25) is 0 Å². The highest BCUT2D eigenvalue weighted by molar-refractivity contribution is 5.93. The summed E-state index contributed by atoms with van der Waals surface area (Å²) < 4.78 is 5.39. The minimum atomic E-state index is 0.371. The van der Waals surface area contributed by atoms with Gasteiger partial charge in [-0.1, -0.05) is 27.2 Å². The maximum atomic E-state index is 5.44. The van der Waals surface area contributed by atoms with E-state index < -0.39 is 0 Å². The average Bonchev–Trinajstić information content (AvgIpc) is 2.21. The quantitative estimate of drug-likeness (QED) is 0.765. The number of hydrogen-bond donors (Lipinski definition) is 1. The second kappa shape index (κ2) is 8.33. The van der Waals surface area contributed by atoms with Crippen LogP contribution in [-0.4, -0.2) is 18.5 Å². The molecule has 88 valence electrons. The third kappa shape index (κ3) is 5.45. The zero-order chi connectivity index (χ0) is 11.7. The monoisotopic (exact) mass is 212 g/mol. The van der Waals surface area contributed by atoms with Crippen LogP contribution in [0.4, 0.5) is 0 Å². The second-order valence-electron chi connectivity index (χ2n) is 3.67. The van der Waals surface area contributed by atoms with Gasteiger partial charge in [0.05, 0.1) is 12.6 Å². The van der Waals surface area contributed by atoms with Crippen molar-refractivity contribution >= 4 is 5.90 Å². The van der Waals surface area contributed by atoms with Gasteiger partial charge in [0, 0.05) is 18.2 Å². The van der Waals surface area contributed by atoms with Crippen LogP contribution < -0.4 is 5.73 Å². The summed E-state index contributed by atoms with van der Waals surface area (Å²) in [5.41, 5.74) is 6.44. The van der Waals surface area contributed by atoms with Gasteiger partial charge < -0.3 is 10.5 Å². The first-order chi connectivity index (χ1) is 7.19. The Hall–Kier alpha value is -0.990. The van der Waals surface area contributed by atoms with Crippen LogP contribution in [0.1, 0.15) is 47.0 Å². The SMILES string of the molecule is CC/C(=C/N)C1=NC(C)CCO1.CCC. The molecule has 1 heterocycles. The van der Waals surface area contributed by atoms with E-state index >= 15 is 0 Å². The van der Waals surface area contributed by atoms with Gasteiger partial charge in [-0.2, -0.15) is 0 Å². The molecule has 15 heavy (non-hydrogen) atoms. The first-order valence-electron chi connectivity index (χ1n) is 5.81. The lowest BCUT2D eigenvalue weighted by atomic mass is 10.2. The maximum Gasteiger partial charge on any atom is 0.213 e. The molecule has 1 atom stereocenters. The number of hydrogen-bond acceptors (Lipinski definition) is 3. The van der Waals surface area contributed by atoms with Crippen molar-refractivity contribution in [3.63, 3.8) is 0 Å². The first kappa shape index (κ1) is 14.0. The second-order valence-corrected chi connectivity index (χ2v) is 3.67.